The van der Waals surface area contributed by atoms with Crippen molar-refractivity contribution in [1.29, 1.82) is 0 Å². The lowest BCUT2D eigenvalue weighted by Crippen LogP contribution is -2.39. The van der Waals surface area contributed by atoms with Crippen LogP contribution in [0.3, 0.4) is 0 Å². The van der Waals surface area contributed by atoms with E-state index in [1.807, 2.05) is 7.05 Å². The van der Waals surface area contributed by atoms with Crippen LogP contribution in [0, 0.1) is 0 Å². The number of rotatable bonds is 5. The summed E-state index contributed by atoms with van der Waals surface area (Å²) in [5.41, 5.74) is 7.34. The summed E-state index contributed by atoms with van der Waals surface area (Å²) in [5, 5.41) is 11.8. The molecule has 0 fully saturated rings. The Balaban J connectivity index is 1.81. The van der Waals surface area contributed by atoms with E-state index in [0.717, 1.165) is 24.2 Å². The maximum absolute atomic E-state index is 12.7. The van der Waals surface area contributed by atoms with Crippen LogP contribution in [-0.4, -0.2) is 33.8 Å². The van der Waals surface area contributed by atoms with Gasteiger partial charge in [0.15, 0.2) is 5.69 Å². The van der Waals surface area contributed by atoms with E-state index >= 15 is 0 Å². The third-order valence-electron chi connectivity index (χ3n) is 4.55. The molecule has 6 nitrogen and oxygen atoms in total. The Labute approximate surface area is 179 Å². The molecule has 0 aliphatic carbocycles. The Bertz CT molecular complexity index is 954. The summed E-state index contributed by atoms with van der Waals surface area (Å²) >= 11 is 16.1. The van der Waals surface area contributed by atoms with Gasteiger partial charge < -0.3 is 10.7 Å². The SMILES string of the molecule is CC1=C(c2cc(C(=O)Nc3ccc(Cl)cc3Cl)nn2C)CN(N/C=C\S)CC1. The van der Waals surface area contributed by atoms with Crippen LogP contribution in [0.15, 0.2) is 41.4 Å². The fourth-order valence-corrected chi connectivity index (χ4v) is 3.57. The van der Waals surface area contributed by atoms with Crippen molar-refractivity contribution >= 4 is 53.0 Å². The van der Waals surface area contributed by atoms with Gasteiger partial charge >= 0.3 is 0 Å². The van der Waals surface area contributed by atoms with Crippen LogP contribution in [0.4, 0.5) is 5.69 Å². The summed E-state index contributed by atoms with van der Waals surface area (Å²) in [7, 11) is 1.83. The van der Waals surface area contributed by atoms with Crippen LogP contribution >= 0.6 is 35.8 Å². The number of carbonyl (C=O) groups excluding carboxylic acids is 1. The zero-order chi connectivity index (χ0) is 20.3. The molecule has 1 aliphatic heterocycles. The number of nitrogens with one attached hydrogen (secondary N) is 2. The third-order valence-corrected chi connectivity index (χ3v) is 5.25. The summed E-state index contributed by atoms with van der Waals surface area (Å²) in [4.78, 5) is 12.7. The van der Waals surface area contributed by atoms with Crippen LogP contribution in [-0.2, 0) is 7.05 Å². The van der Waals surface area contributed by atoms with Crippen LogP contribution in [0.5, 0.6) is 0 Å². The van der Waals surface area contributed by atoms with Crippen molar-refractivity contribution in [2.75, 3.05) is 18.4 Å². The third kappa shape index (κ3) is 4.72. The molecule has 0 radical (unpaired) electrons. The minimum absolute atomic E-state index is 0.323. The number of carbonyl (C=O) groups is 1. The minimum atomic E-state index is -0.326. The second-order valence-corrected chi connectivity index (χ2v) is 7.63. The van der Waals surface area contributed by atoms with E-state index in [2.05, 4.69) is 40.4 Å². The quantitative estimate of drug-likeness (QED) is 0.607. The van der Waals surface area contributed by atoms with Crippen molar-refractivity contribution in [2.24, 2.45) is 7.05 Å². The Hall–Kier alpha value is -1.93. The van der Waals surface area contributed by atoms with E-state index in [1.54, 1.807) is 40.6 Å². The van der Waals surface area contributed by atoms with Crippen molar-refractivity contribution in [3.8, 4) is 0 Å². The molecule has 2 aromatic rings. The molecule has 1 aromatic heterocycles. The van der Waals surface area contributed by atoms with Gasteiger partial charge in [0.25, 0.3) is 5.91 Å². The van der Waals surface area contributed by atoms with E-state index in [-0.39, 0.29) is 5.91 Å². The van der Waals surface area contributed by atoms with Gasteiger partial charge in [0.05, 0.1) is 16.4 Å². The van der Waals surface area contributed by atoms with Gasteiger partial charge in [0, 0.05) is 31.4 Å². The second kappa shape index (κ2) is 9.05. The standard InChI is InChI=1S/C19H21Cl2N5OS/c1-12-5-7-26(22-6-8-28)11-14(12)18-10-17(24-25(18)2)19(27)23-16-4-3-13(20)9-15(16)21/h3-4,6,8-10,22,28H,5,7,11H2,1-2H3,(H,23,27)/b8-6-. The summed E-state index contributed by atoms with van der Waals surface area (Å²) in [5.74, 6) is -0.326. The smallest absolute Gasteiger partial charge is 0.276 e. The fourth-order valence-electron chi connectivity index (χ4n) is 3.04. The Morgan fingerprint density at radius 2 is 2.11 bits per heavy atom. The maximum Gasteiger partial charge on any atom is 0.276 e. The lowest BCUT2D eigenvalue weighted by Gasteiger charge is -2.29. The minimum Gasteiger partial charge on any atom is -0.325 e. The zero-order valence-corrected chi connectivity index (χ0v) is 17.9. The predicted octanol–water partition coefficient (Wildman–Crippen LogP) is 4.36. The number of hydrazine groups is 1. The molecule has 1 aliphatic rings. The highest BCUT2D eigenvalue weighted by Gasteiger charge is 2.22. The van der Waals surface area contributed by atoms with Crippen molar-refractivity contribution in [2.45, 2.75) is 13.3 Å². The van der Waals surface area contributed by atoms with Gasteiger partial charge in [0.2, 0.25) is 0 Å². The molecule has 2 heterocycles. The first-order valence-electron chi connectivity index (χ1n) is 8.69. The van der Waals surface area contributed by atoms with Gasteiger partial charge in [0.1, 0.15) is 0 Å². The number of nitrogens with zero attached hydrogens (tertiary/aromatic N) is 3. The van der Waals surface area contributed by atoms with Gasteiger partial charge in [-0.15, -0.1) is 12.6 Å². The number of anilines is 1. The molecule has 0 saturated heterocycles. The molecule has 2 N–H and O–H groups in total. The molecule has 148 valence electrons. The molecular formula is C19H21Cl2N5OS. The fraction of sp³-hybridized carbons (Fsp3) is 0.263. The number of hydrogen-bond donors (Lipinski definition) is 3. The van der Waals surface area contributed by atoms with Crippen molar-refractivity contribution in [3.05, 3.63) is 62.9 Å². The molecular weight excluding hydrogens is 417 g/mol. The van der Waals surface area contributed by atoms with E-state index < -0.39 is 0 Å². The van der Waals surface area contributed by atoms with Crippen molar-refractivity contribution < 1.29 is 4.79 Å². The van der Waals surface area contributed by atoms with Gasteiger partial charge in [-0.1, -0.05) is 28.8 Å². The topological polar surface area (TPSA) is 62.2 Å². The van der Waals surface area contributed by atoms with Crippen LogP contribution in [0.25, 0.3) is 5.57 Å². The Morgan fingerprint density at radius 1 is 1.32 bits per heavy atom. The highest BCUT2D eigenvalue weighted by atomic mass is 35.5. The number of hydrogen-bond acceptors (Lipinski definition) is 5. The summed E-state index contributed by atoms with van der Waals surface area (Å²) in [6.45, 7) is 3.71. The normalized spacial score (nSPS) is 15.3. The molecule has 0 saturated carbocycles. The highest BCUT2D eigenvalue weighted by Crippen LogP contribution is 2.28. The Kier molecular flexibility index (Phi) is 6.72. The number of aromatic nitrogens is 2. The van der Waals surface area contributed by atoms with Crippen molar-refractivity contribution in [1.82, 2.24) is 20.2 Å². The molecule has 0 unspecified atom stereocenters. The second-order valence-electron chi connectivity index (χ2n) is 6.49. The van der Waals surface area contributed by atoms with Crippen LogP contribution in [0.2, 0.25) is 10.0 Å². The first-order chi connectivity index (χ1) is 13.4. The molecule has 1 aromatic carbocycles. The first-order valence-corrected chi connectivity index (χ1v) is 9.96. The number of aryl methyl sites for hydroxylation is 1. The van der Waals surface area contributed by atoms with E-state index in [4.69, 9.17) is 23.2 Å². The van der Waals surface area contributed by atoms with Crippen LogP contribution < -0.4 is 10.7 Å². The monoisotopic (exact) mass is 437 g/mol. The molecule has 9 heteroatoms. The largest absolute Gasteiger partial charge is 0.325 e. The van der Waals surface area contributed by atoms with E-state index in [0.29, 0.717) is 28.0 Å². The van der Waals surface area contributed by atoms with Gasteiger partial charge in [-0.3, -0.25) is 9.48 Å². The average Bonchev–Trinajstić information content (AvgIpc) is 3.05. The number of amides is 1. The molecule has 1 amide bonds. The van der Waals surface area contributed by atoms with Gasteiger partial charge in [-0.05, 0) is 48.6 Å². The van der Waals surface area contributed by atoms with E-state index in [1.165, 1.54) is 5.57 Å². The highest BCUT2D eigenvalue weighted by molar-refractivity contribution is 7.83. The summed E-state index contributed by atoms with van der Waals surface area (Å²) < 4.78 is 1.73. The van der Waals surface area contributed by atoms with Gasteiger partial charge in [-0.25, -0.2) is 5.01 Å². The van der Waals surface area contributed by atoms with Crippen molar-refractivity contribution in [3.63, 3.8) is 0 Å². The summed E-state index contributed by atoms with van der Waals surface area (Å²) in [6.07, 6.45) is 2.70. The molecule has 3 rings (SSSR count). The average molecular weight is 438 g/mol. The molecule has 0 spiro atoms. The molecule has 0 atom stereocenters. The number of halogens is 2. The first kappa shape index (κ1) is 20.8. The lowest BCUT2D eigenvalue weighted by molar-refractivity contribution is 0.102. The van der Waals surface area contributed by atoms with E-state index in [9.17, 15) is 4.79 Å². The maximum atomic E-state index is 12.7. The molecule has 0 bridgehead atoms. The zero-order valence-electron chi connectivity index (χ0n) is 15.5. The summed E-state index contributed by atoms with van der Waals surface area (Å²) in [6, 6.07) is 6.72. The number of benzene rings is 1. The van der Waals surface area contributed by atoms with Gasteiger partial charge in [-0.2, -0.15) is 5.10 Å². The number of thiol groups is 1. The predicted molar refractivity (Wildman–Crippen MR) is 118 cm³/mol. The Morgan fingerprint density at radius 3 is 2.82 bits per heavy atom. The van der Waals surface area contributed by atoms with Crippen LogP contribution in [0.1, 0.15) is 29.5 Å². The lowest BCUT2D eigenvalue weighted by atomic mass is 9.99. The molecule has 28 heavy (non-hydrogen) atoms.